The molecule has 2 heteroatoms. The van der Waals surface area contributed by atoms with Crippen LogP contribution >= 0.6 is 12.6 Å². The molecule has 1 unspecified atom stereocenters. The van der Waals surface area contributed by atoms with E-state index in [9.17, 15) is 0 Å². The highest BCUT2D eigenvalue weighted by Crippen LogP contribution is 2.33. The van der Waals surface area contributed by atoms with E-state index in [1.807, 2.05) is 0 Å². The molecule has 1 aliphatic heterocycles. The van der Waals surface area contributed by atoms with Gasteiger partial charge in [-0.25, -0.2) is 0 Å². The molecule has 0 radical (unpaired) electrons. The van der Waals surface area contributed by atoms with Crippen LogP contribution in [-0.4, -0.2) is 30.3 Å². The molecule has 0 bridgehead atoms. The van der Waals surface area contributed by atoms with Gasteiger partial charge in [0.25, 0.3) is 0 Å². The third-order valence-electron chi connectivity index (χ3n) is 3.38. The van der Waals surface area contributed by atoms with Gasteiger partial charge in [0.05, 0.1) is 0 Å². The summed E-state index contributed by atoms with van der Waals surface area (Å²) in [6, 6.07) is 0. The van der Waals surface area contributed by atoms with E-state index in [1.54, 1.807) is 0 Å². The zero-order valence-corrected chi connectivity index (χ0v) is 10.8. The number of hydrogen-bond acceptors (Lipinski definition) is 2. The van der Waals surface area contributed by atoms with Crippen molar-refractivity contribution in [3.8, 4) is 0 Å². The number of unbranched alkanes of at least 4 members (excludes halogenated alkanes) is 1. The van der Waals surface area contributed by atoms with Gasteiger partial charge in [-0.05, 0) is 49.4 Å². The second-order valence-electron chi connectivity index (χ2n) is 5.58. The molecule has 14 heavy (non-hydrogen) atoms. The van der Waals surface area contributed by atoms with Crippen molar-refractivity contribution >= 4 is 12.6 Å². The minimum atomic E-state index is 0.498. The standard InChI is InChI=1S/C12H25NS/c1-12(2,3)11-6-8-13(10-11)7-4-5-9-14/h11,14H,4-10H2,1-3H3. The second-order valence-corrected chi connectivity index (χ2v) is 6.03. The molecule has 1 fully saturated rings. The molecule has 0 amide bonds. The van der Waals surface area contributed by atoms with Gasteiger partial charge >= 0.3 is 0 Å². The first-order chi connectivity index (χ1) is 6.54. The summed E-state index contributed by atoms with van der Waals surface area (Å²) in [5.74, 6) is 1.94. The van der Waals surface area contributed by atoms with Crippen molar-refractivity contribution in [2.24, 2.45) is 11.3 Å². The number of thiol groups is 1. The molecule has 0 spiro atoms. The smallest absolute Gasteiger partial charge is 0.00151 e. The summed E-state index contributed by atoms with van der Waals surface area (Å²) < 4.78 is 0. The summed E-state index contributed by atoms with van der Waals surface area (Å²) >= 11 is 4.24. The van der Waals surface area contributed by atoms with Crippen molar-refractivity contribution in [2.45, 2.75) is 40.0 Å². The maximum Gasteiger partial charge on any atom is 0.00151 e. The van der Waals surface area contributed by atoms with Gasteiger partial charge in [0.15, 0.2) is 0 Å². The van der Waals surface area contributed by atoms with Gasteiger partial charge in [-0.2, -0.15) is 12.6 Å². The van der Waals surface area contributed by atoms with Gasteiger partial charge in [0.2, 0.25) is 0 Å². The minimum Gasteiger partial charge on any atom is -0.303 e. The Bertz CT molecular complexity index is 162. The molecule has 0 N–H and O–H groups in total. The Morgan fingerprint density at radius 2 is 2.00 bits per heavy atom. The van der Waals surface area contributed by atoms with Crippen molar-refractivity contribution in [3.05, 3.63) is 0 Å². The van der Waals surface area contributed by atoms with Crippen LogP contribution in [0.15, 0.2) is 0 Å². The minimum absolute atomic E-state index is 0.498. The maximum atomic E-state index is 4.24. The fraction of sp³-hybridized carbons (Fsp3) is 1.00. The van der Waals surface area contributed by atoms with Gasteiger partial charge in [-0.15, -0.1) is 0 Å². The third-order valence-corrected chi connectivity index (χ3v) is 3.70. The van der Waals surface area contributed by atoms with Crippen LogP contribution in [0.5, 0.6) is 0 Å². The Morgan fingerprint density at radius 3 is 2.50 bits per heavy atom. The lowest BCUT2D eigenvalue weighted by Crippen LogP contribution is -2.26. The zero-order valence-electron chi connectivity index (χ0n) is 9.92. The van der Waals surface area contributed by atoms with Crippen LogP contribution in [0.3, 0.4) is 0 Å². The maximum absolute atomic E-state index is 4.24. The highest BCUT2D eigenvalue weighted by atomic mass is 32.1. The third kappa shape index (κ3) is 3.82. The molecule has 0 aromatic heterocycles. The van der Waals surface area contributed by atoms with E-state index < -0.39 is 0 Å². The first-order valence-corrected chi connectivity index (χ1v) is 6.50. The second kappa shape index (κ2) is 5.41. The lowest BCUT2D eigenvalue weighted by atomic mass is 9.80. The SMILES string of the molecule is CC(C)(C)C1CCN(CCCCS)C1. The Balaban J connectivity index is 2.21. The number of nitrogens with zero attached hydrogens (tertiary/aromatic N) is 1. The Morgan fingerprint density at radius 1 is 1.29 bits per heavy atom. The quantitative estimate of drug-likeness (QED) is 0.557. The average molecular weight is 215 g/mol. The van der Waals surface area contributed by atoms with E-state index in [-0.39, 0.29) is 0 Å². The molecule has 1 atom stereocenters. The van der Waals surface area contributed by atoms with E-state index in [1.165, 1.54) is 38.9 Å². The van der Waals surface area contributed by atoms with Gasteiger partial charge in [0.1, 0.15) is 0 Å². The molecule has 1 saturated heterocycles. The van der Waals surface area contributed by atoms with Crippen molar-refractivity contribution < 1.29 is 0 Å². The van der Waals surface area contributed by atoms with Gasteiger partial charge in [0, 0.05) is 6.54 Å². The monoisotopic (exact) mass is 215 g/mol. The van der Waals surface area contributed by atoms with Crippen LogP contribution in [0.25, 0.3) is 0 Å². The number of hydrogen-bond donors (Lipinski definition) is 1. The van der Waals surface area contributed by atoms with Crippen molar-refractivity contribution in [3.63, 3.8) is 0 Å². The predicted octanol–water partition coefficient (Wildman–Crippen LogP) is 3.06. The molecule has 0 aliphatic carbocycles. The molecule has 0 aromatic rings. The summed E-state index contributed by atoms with van der Waals surface area (Å²) in [5.41, 5.74) is 0.498. The Hall–Kier alpha value is 0.310. The molecule has 1 nitrogen and oxygen atoms in total. The Labute approximate surface area is 94.7 Å². The lowest BCUT2D eigenvalue weighted by Gasteiger charge is -2.27. The van der Waals surface area contributed by atoms with Crippen LogP contribution in [0.1, 0.15) is 40.0 Å². The van der Waals surface area contributed by atoms with E-state index in [2.05, 4.69) is 38.3 Å². The molecular weight excluding hydrogens is 190 g/mol. The highest BCUT2D eigenvalue weighted by molar-refractivity contribution is 7.80. The van der Waals surface area contributed by atoms with Crippen LogP contribution in [0.4, 0.5) is 0 Å². The Kier molecular flexibility index (Phi) is 4.78. The molecule has 0 aromatic carbocycles. The largest absolute Gasteiger partial charge is 0.303 e. The van der Waals surface area contributed by atoms with Gasteiger partial charge in [-0.1, -0.05) is 20.8 Å². The molecule has 84 valence electrons. The molecule has 1 rings (SSSR count). The highest BCUT2D eigenvalue weighted by Gasteiger charge is 2.31. The average Bonchev–Trinajstić information content (AvgIpc) is 2.52. The first-order valence-electron chi connectivity index (χ1n) is 5.87. The van der Waals surface area contributed by atoms with Crippen LogP contribution < -0.4 is 0 Å². The van der Waals surface area contributed by atoms with E-state index in [0.717, 1.165) is 11.7 Å². The van der Waals surface area contributed by atoms with E-state index >= 15 is 0 Å². The zero-order chi connectivity index (χ0) is 10.6. The fourth-order valence-electron chi connectivity index (χ4n) is 2.19. The van der Waals surface area contributed by atoms with E-state index in [4.69, 9.17) is 0 Å². The summed E-state index contributed by atoms with van der Waals surface area (Å²) in [6.07, 6.45) is 3.98. The summed E-state index contributed by atoms with van der Waals surface area (Å²) in [5, 5.41) is 0. The molecule has 1 aliphatic rings. The molecular formula is C12H25NS. The van der Waals surface area contributed by atoms with Crippen molar-refractivity contribution in [2.75, 3.05) is 25.4 Å². The summed E-state index contributed by atoms with van der Waals surface area (Å²) in [6.45, 7) is 11.0. The van der Waals surface area contributed by atoms with Crippen molar-refractivity contribution in [1.29, 1.82) is 0 Å². The molecule has 0 saturated carbocycles. The van der Waals surface area contributed by atoms with E-state index in [0.29, 0.717) is 5.41 Å². The van der Waals surface area contributed by atoms with Crippen LogP contribution in [-0.2, 0) is 0 Å². The number of likely N-dealkylation sites (tertiary alicyclic amines) is 1. The number of rotatable bonds is 4. The van der Waals surface area contributed by atoms with Gasteiger partial charge in [-0.3, -0.25) is 0 Å². The predicted molar refractivity (Wildman–Crippen MR) is 67.1 cm³/mol. The fourth-order valence-corrected chi connectivity index (χ4v) is 2.41. The van der Waals surface area contributed by atoms with Crippen molar-refractivity contribution in [1.82, 2.24) is 4.90 Å². The summed E-state index contributed by atoms with van der Waals surface area (Å²) in [7, 11) is 0. The normalized spacial score (nSPS) is 24.4. The molecule has 1 heterocycles. The first kappa shape index (κ1) is 12.4. The topological polar surface area (TPSA) is 3.24 Å². The summed E-state index contributed by atoms with van der Waals surface area (Å²) in [4.78, 5) is 2.62. The van der Waals surface area contributed by atoms with Crippen LogP contribution in [0.2, 0.25) is 0 Å². The van der Waals surface area contributed by atoms with Crippen LogP contribution in [0, 0.1) is 11.3 Å². The van der Waals surface area contributed by atoms with Gasteiger partial charge < -0.3 is 4.90 Å². The lowest BCUT2D eigenvalue weighted by molar-refractivity contribution is 0.228.